The van der Waals surface area contributed by atoms with Gasteiger partial charge in [-0.25, -0.2) is 13.4 Å². The lowest BCUT2D eigenvalue weighted by molar-refractivity contribution is 0.100. The molecule has 6 nitrogen and oxygen atoms in total. The number of hydrogen-bond acceptors (Lipinski definition) is 4. The molecule has 0 aliphatic carbocycles. The highest BCUT2D eigenvalue weighted by Gasteiger charge is 2.27. The van der Waals surface area contributed by atoms with E-state index in [9.17, 15) is 13.2 Å². The van der Waals surface area contributed by atoms with Crippen LogP contribution in [0.4, 0.5) is 0 Å². The Morgan fingerprint density at radius 2 is 1.72 bits per heavy atom. The molecule has 29 heavy (non-hydrogen) atoms. The number of hydrogen-bond donors (Lipinski definition) is 2. The van der Waals surface area contributed by atoms with Crippen LogP contribution in [-0.4, -0.2) is 24.3 Å². The molecule has 2 aromatic carbocycles. The lowest BCUT2D eigenvalue weighted by atomic mass is 10.0. The Balaban J connectivity index is 1.98. The Hall–Kier alpha value is -2.97. The summed E-state index contributed by atoms with van der Waals surface area (Å²) in [5.74, 6) is -0.525. The third-order valence-electron chi connectivity index (χ3n) is 4.69. The Bertz CT molecular complexity index is 1340. The van der Waals surface area contributed by atoms with Gasteiger partial charge in [-0.3, -0.25) is 4.79 Å². The fourth-order valence-electron chi connectivity index (χ4n) is 3.18. The van der Waals surface area contributed by atoms with Gasteiger partial charge in [-0.1, -0.05) is 29.8 Å². The lowest BCUT2D eigenvalue weighted by Gasteiger charge is -2.10. The summed E-state index contributed by atoms with van der Waals surface area (Å²) in [5.41, 5.74) is 8.51. The van der Waals surface area contributed by atoms with Gasteiger partial charge in [0, 0.05) is 28.9 Å². The Morgan fingerprint density at radius 3 is 2.34 bits per heavy atom. The molecule has 146 valence electrons. The summed E-state index contributed by atoms with van der Waals surface area (Å²) in [4.78, 5) is 19.0. The number of H-pyrrole nitrogens is 1. The molecule has 0 radical (unpaired) electrons. The van der Waals surface area contributed by atoms with Gasteiger partial charge >= 0.3 is 0 Å². The maximum Gasteiger partial charge on any atom is 0.248 e. The predicted octanol–water partition coefficient (Wildman–Crippen LogP) is 4.23. The SMILES string of the molecule is Cc1ccc(S(=O)(=O)c2c(Br)cnc3[nH]cc(-c4ccc(C(N)=O)cc4)c23)cc1. The van der Waals surface area contributed by atoms with Crippen molar-refractivity contribution in [2.24, 2.45) is 5.73 Å². The topological polar surface area (TPSA) is 106 Å². The second kappa shape index (κ2) is 7.13. The fourth-order valence-corrected chi connectivity index (χ4v) is 5.64. The minimum absolute atomic E-state index is 0.140. The summed E-state index contributed by atoms with van der Waals surface area (Å²) in [7, 11) is -3.82. The van der Waals surface area contributed by atoms with E-state index in [-0.39, 0.29) is 9.79 Å². The predicted molar refractivity (Wildman–Crippen MR) is 114 cm³/mol. The molecule has 0 atom stereocenters. The molecule has 0 unspecified atom stereocenters. The Kier molecular flexibility index (Phi) is 4.76. The van der Waals surface area contributed by atoms with Crippen molar-refractivity contribution in [3.05, 3.63) is 76.5 Å². The van der Waals surface area contributed by atoms with E-state index in [1.165, 1.54) is 6.20 Å². The van der Waals surface area contributed by atoms with Gasteiger partial charge in [0.1, 0.15) is 5.65 Å². The molecule has 1 amide bonds. The van der Waals surface area contributed by atoms with E-state index in [0.29, 0.717) is 26.6 Å². The lowest BCUT2D eigenvalue weighted by Crippen LogP contribution is -2.10. The summed E-state index contributed by atoms with van der Waals surface area (Å²) in [5, 5.41) is 0.478. The van der Waals surface area contributed by atoms with E-state index >= 15 is 0 Å². The first-order chi connectivity index (χ1) is 13.8. The zero-order chi connectivity index (χ0) is 20.8. The van der Waals surface area contributed by atoms with Crippen molar-refractivity contribution < 1.29 is 13.2 Å². The van der Waals surface area contributed by atoms with Crippen LogP contribution in [0.2, 0.25) is 0 Å². The van der Waals surface area contributed by atoms with E-state index in [1.54, 1.807) is 54.7 Å². The van der Waals surface area contributed by atoms with Crippen molar-refractivity contribution in [2.75, 3.05) is 0 Å². The molecule has 2 aromatic heterocycles. The molecule has 4 rings (SSSR count). The normalized spacial score (nSPS) is 11.7. The van der Waals surface area contributed by atoms with Crippen LogP contribution in [0.3, 0.4) is 0 Å². The molecular formula is C21H16BrN3O3S. The molecule has 0 saturated carbocycles. The molecule has 0 aliphatic heterocycles. The molecule has 3 N–H and O–H groups in total. The molecule has 2 heterocycles. The van der Waals surface area contributed by atoms with Crippen molar-refractivity contribution in [1.82, 2.24) is 9.97 Å². The molecule has 0 spiro atoms. The van der Waals surface area contributed by atoms with Crippen molar-refractivity contribution >= 4 is 42.7 Å². The van der Waals surface area contributed by atoms with Crippen LogP contribution in [0.1, 0.15) is 15.9 Å². The maximum atomic E-state index is 13.5. The second-order valence-electron chi connectivity index (χ2n) is 6.62. The van der Waals surface area contributed by atoms with Crippen molar-refractivity contribution in [2.45, 2.75) is 16.7 Å². The molecule has 0 saturated heterocycles. The average molecular weight is 470 g/mol. The fraction of sp³-hybridized carbons (Fsp3) is 0.0476. The third-order valence-corrected chi connectivity index (χ3v) is 7.41. The van der Waals surface area contributed by atoms with Crippen LogP contribution in [0.25, 0.3) is 22.2 Å². The number of benzene rings is 2. The summed E-state index contributed by atoms with van der Waals surface area (Å²) < 4.78 is 27.3. The van der Waals surface area contributed by atoms with Gasteiger partial charge in [0.05, 0.1) is 14.3 Å². The first kappa shape index (κ1) is 19.4. The number of carbonyl (C=O) groups is 1. The zero-order valence-corrected chi connectivity index (χ0v) is 17.7. The van der Waals surface area contributed by atoms with Crippen molar-refractivity contribution in [3.8, 4) is 11.1 Å². The smallest absolute Gasteiger partial charge is 0.248 e. The van der Waals surface area contributed by atoms with Gasteiger partial charge in [-0.05, 0) is 52.7 Å². The number of sulfone groups is 1. The number of aromatic amines is 1. The number of pyridine rings is 1. The van der Waals surface area contributed by atoms with Gasteiger partial charge in [0.15, 0.2) is 0 Å². The maximum absolute atomic E-state index is 13.5. The number of halogens is 1. The standard InChI is InChI=1S/C21H16BrN3O3S/c1-12-2-8-15(9-3-12)29(27,28)19-17(22)11-25-21-18(19)16(10-24-21)13-4-6-14(7-5-13)20(23)26/h2-11H,1H3,(H2,23,26)(H,24,25). The second-order valence-corrected chi connectivity index (χ2v) is 9.36. The number of nitrogens with two attached hydrogens (primary N) is 1. The van der Waals surface area contributed by atoms with Gasteiger partial charge < -0.3 is 10.7 Å². The monoisotopic (exact) mass is 469 g/mol. The number of fused-ring (bicyclic) bond motifs is 1. The average Bonchev–Trinajstić information content (AvgIpc) is 3.12. The number of nitrogens with zero attached hydrogens (tertiary/aromatic N) is 1. The third kappa shape index (κ3) is 3.34. The van der Waals surface area contributed by atoms with E-state index in [2.05, 4.69) is 25.9 Å². The molecule has 8 heteroatoms. The highest BCUT2D eigenvalue weighted by atomic mass is 79.9. The number of carbonyl (C=O) groups excluding carboxylic acids is 1. The summed E-state index contributed by atoms with van der Waals surface area (Å²) >= 11 is 3.37. The largest absolute Gasteiger partial charge is 0.366 e. The summed E-state index contributed by atoms with van der Waals surface area (Å²) in [6, 6.07) is 13.4. The van der Waals surface area contributed by atoms with Gasteiger partial charge in [0.25, 0.3) is 0 Å². The van der Waals surface area contributed by atoms with E-state index in [4.69, 9.17) is 5.73 Å². The van der Waals surface area contributed by atoms with Crippen LogP contribution >= 0.6 is 15.9 Å². The Morgan fingerprint density at radius 1 is 1.07 bits per heavy atom. The minimum Gasteiger partial charge on any atom is -0.366 e. The van der Waals surface area contributed by atoms with Crippen LogP contribution in [0.5, 0.6) is 0 Å². The summed E-state index contributed by atoms with van der Waals surface area (Å²) in [6.07, 6.45) is 3.18. The van der Waals surface area contributed by atoms with Crippen LogP contribution < -0.4 is 5.73 Å². The van der Waals surface area contributed by atoms with Crippen LogP contribution in [0.15, 0.2) is 75.2 Å². The van der Waals surface area contributed by atoms with E-state index in [0.717, 1.165) is 11.1 Å². The van der Waals surface area contributed by atoms with E-state index < -0.39 is 15.7 Å². The van der Waals surface area contributed by atoms with E-state index in [1.807, 2.05) is 6.92 Å². The number of primary amides is 1. The van der Waals surface area contributed by atoms with Gasteiger partial charge in [0.2, 0.25) is 15.7 Å². The van der Waals surface area contributed by atoms with Crippen LogP contribution in [-0.2, 0) is 9.84 Å². The van der Waals surface area contributed by atoms with Crippen molar-refractivity contribution in [3.63, 3.8) is 0 Å². The minimum atomic E-state index is -3.82. The molecule has 0 bridgehead atoms. The molecule has 0 fully saturated rings. The number of rotatable bonds is 4. The number of aromatic nitrogens is 2. The molecular weight excluding hydrogens is 454 g/mol. The number of nitrogens with one attached hydrogen (secondary N) is 1. The highest BCUT2D eigenvalue weighted by Crippen LogP contribution is 2.39. The van der Waals surface area contributed by atoms with Gasteiger partial charge in [-0.2, -0.15) is 0 Å². The first-order valence-corrected chi connectivity index (χ1v) is 10.9. The number of aryl methyl sites for hydroxylation is 1. The number of amides is 1. The van der Waals surface area contributed by atoms with Gasteiger partial charge in [-0.15, -0.1) is 0 Å². The quantitative estimate of drug-likeness (QED) is 0.466. The first-order valence-electron chi connectivity index (χ1n) is 8.66. The highest BCUT2D eigenvalue weighted by molar-refractivity contribution is 9.10. The van der Waals surface area contributed by atoms with Crippen molar-refractivity contribution in [1.29, 1.82) is 0 Å². The molecule has 4 aromatic rings. The Labute approximate surface area is 175 Å². The van der Waals surface area contributed by atoms with Crippen LogP contribution in [0, 0.1) is 6.92 Å². The molecule has 0 aliphatic rings. The zero-order valence-electron chi connectivity index (χ0n) is 15.3. The summed E-state index contributed by atoms with van der Waals surface area (Å²) in [6.45, 7) is 1.90.